The highest BCUT2D eigenvalue weighted by atomic mass is 79.9. The van der Waals surface area contributed by atoms with Gasteiger partial charge in [-0.1, -0.05) is 28.1 Å². The summed E-state index contributed by atoms with van der Waals surface area (Å²) in [6.07, 6.45) is 0. The SMILES string of the molecule is CCOc1ccc(C2c3c(oc4ccc(Br)cc4c3=O)C(=O)N2Cc2ccc3c(c2)OCO3)cc1OCC. The van der Waals surface area contributed by atoms with E-state index >= 15 is 0 Å². The quantitative estimate of drug-likeness (QED) is 0.273. The van der Waals surface area contributed by atoms with Gasteiger partial charge in [-0.2, -0.15) is 0 Å². The smallest absolute Gasteiger partial charge is 0.291 e. The molecular weight excluding hydrogens is 554 g/mol. The molecule has 1 atom stereocenters. The number of hydrogen-bond acceptors (Lipinski definition) is 7. The van der Waals surface area contributed by atoms with Gasteiger partial charge >= 0.3 is 0 Å². The van der Waals surface area contributed by atoms with E-state index in [0.717, 1.165) is 10.0 Å². The van der Waals surface area contributed by atoms with Gasteiger partial charge in [-0.25, -0.2) is 0 Å². The van der Waals surface area contributed by atoms with Crippen molar-refractivity contribution in [2.24, 2.45) is 0 Å². The average molecular weight is 578 g/mol. The third-order valence-electron chi connectivity index (χ3n) is 6.60. The second-order valence-corrected chi connectivity index (χ2v) is 9.83. The monoisotopic (exact) mass is 577 g/mol. The minimum Gasteiger partial charge on any atom is -0.490 e. The van der Waals surface area contributed by atoms with Crippen molar-refractivity contribution < 1.29 is 28.2 Å². The van der Waals surface area contributed by atoms with Gasteiger partial charge in [0, 0.05) is 11.0 Å². The van der Waals surface area contributed by atoms with Crippen molar-refractivity contribution in [2.45, 2.75) is 26.4 Å². The number of hydrogen-bond donors (Lipinski definition) is 0. The molecule has 6 rings (SSSR count). The van der Waals surface area contributed by atoms with Crippen LogP contribution < -0.4 is 24.4 Å². The van der Waals surface area contributed by atoms with Crippen molar-refractivity contribution in [2.75, 3.05) is 20.0 Å². The fourth-order valence-corrected chi connectivity index (χ4v) is 5.34. The number of halogens is 1. The van der Waals surface area contributed by atoms with Crippen LogP contribution in [0.3, 0.4) is 0 Å². The lowest BCUT2D eigenvalue weighted by molar-refractivity contribution is 0.0714. The number of carbonyl (C=O) groups excluding carboxylic acids is 1. The topological polar surface area (TPSA) is 87.4 Å². The fourth-order valence-electron chi connectivity index (χ4n) is 4.98. The van der Waals surface area contributed by atoms with E-state index in [1.807, 2.05) is 50.2 Å². The van der Waals surface area contributed by atoms with Crippen LogP contribution in [-0.4, -0.2) is 30.8 Å². The number of benzene rings is 3. The Morgan fingerprint density at radius 3 is 2.53 bits per heavy atom. The molecule has 0 radical (unpaired) electrons. The molecule has 3 heterocycles. The molecular formula is C29H24BrNO7. The summed E-state index contributed by atoms with van der Waals surface area (Å²) in [7, 11) is 0. The minimum absolute atomic E-state index is 0.0439. The Morgan fingerprint density at radius 1 is 0.921 bits per heavy atom. The number of ether oxygens (including phenoxy) is 4. The van der Waals surface area contributed by atoms with Gasteiger partial charge in [0.25, 0.3) is 5.91 Å². The van der Waals surface area contributed by atoms with Crippen LogP contribution in [0.25, 0.3) is 11.0 Å². The predicted molar refractivity (Wildman–Crippen MR) is 143 cm³/mol. The van der Waals surface area contributed by atoms with Gasteiger partial charge in [0.1, 0.15) is 5.58 Å². The fraction of sp³-hybridized carbons (Fsp3) is 0.241. The highest BCUT2D eigenvalue weighted by molar-refractivity contribution is 9.10. The van der Waals surface area contributed by atoms with Crippen LogP contribution in [0.5, 0.6) is 23.0 Å². The minimum atomic E-state index is -0.697. The molecule has 9 heteroatoms. The number of nitrogens with zero attached hydrogens (tertiary/aromatic N) is 1. The highest BCUT2D eigenvalue weighted by Crippen LogP contribution is 2.42. The molecule has 194 valence electrons. The van der Waals surface area contributed by atoms with Crippen molar-refractivity contribution in [3.63, 3.8) is 0 Å². The molecule has 3 aromatic carbocycles. The van der Waals surface area contributed by atoms with Crippen LogP contribution in [-0.2, 0) is 6.54 Å². The Kier molecular flexibility index (Phi) is 6.23. The Hall–Kier alpha value is -3.98. The van der Waals surface area contributed by atoms with Crippen molar-refractivity contribution in [1.82, 2.24) is 4.90 Å². The third kappa shape index (κ3) is 4.07. The van der Waals surface area contributed by atoms with Crippen LogP contribution in [0.1, 0.15) is 47.1 Å². The molecule has 0 bridgehead atoms. The van der Waals surface area contributed by atoms with E-state index in [9.17, 15) is 9.59 Å². The van der Waals surface area contributed by atoms with E-state index < -0.39 is 6.04 Å². The number of carbonyl (C=O) groups is 1. The van der Waals surface area contributed by atoms with Crippen LogP contribution >= 0.6 is 15.9 Å². The lowest BCUT2D eigenvalue weighted by atomic mass is 9.97. The summed E-state index contributed by atoms with van der Waals surface area (Å²) in [5, 5.41) is 0.400. The molecule has 0 saturated carbocycles. The van der Waals surface area contributed by atoms with E-state index in [1.165, 1.54) is 0 Å². The van der Waals surface area contributed by atoms with E-state index in [1.54, 1.807) is 23.1 Å². The third-order valence-corrected chi connectivity index (χ3v) is 7.09. The first kappa shape index (κ1) is 24.4. The van der Waals surface area contributed by atoms with Crippen LogP contribution in [0.2, 0.25) is 0 Å². The van der Waals surface area contributed by atoms with Crippen molar-refractivity contribution in [3.8, 4) is 23.0 Å². The van der Waals surface area contributed by atoms with E-state index in [2.05, 4.69) is 15.9 Å². The summed E-state index contributed by atoms with van der Waals surface area (Å²) < 4.78 is 29.4. The van der Waals surface area contributed by atoms with Gasteiger partial charge < -0.3 is 28.3 Å². The van der Waals surface area contributed by atoms with Gasteiger partial charge in [-0.05, 0) is 67.4 Å². The van der Waals surface area contributed by atoms with Gasteiger partial charge in [-0.15, -0.1) is 0 Å². The lowest BCUT2D eigenvalue weighted by Gasteiger charge is -2.26. The second kappa shape index (κ2) is 9.72. The van der Waals surface area contributed by atoms with Crippen molar-refractivity contribution >= 4 is 32.8 Å². The maximum absolute atomic E-state index is 13.9. The van der Waals surface area contributed by atoms with Crippen LogP contribution in [0.4, 0.5) is 0 Å². The Bertz CT molecular complexity index is 1630. The zero-order chi connectivity index (χ0) is 26.4. The van der Waals surface area contributed by atoms with Crippen molar-refractivity contribution in [3.05, 3.63) is 91.7 Å². The zero-order valence-corrected chi connectivity index (χ0v) is 22.4. The molecule has 38 heavy (non-hydrogen) atoms. The molecule has 2 aliphatic rings. The first-order valence-corrected chi connectivity index (χ1v) is 13.1. The molecule has 0 aliphatic carbocycles. The predicted octanol–water partition coefficient (Wildman–Crippen LogP) is 5.83. The molecule has 0 fully saturated rings. The molecule has 1 unspecified atom stereocenters. The van der Waals surface area contributed by atoms with E-state index in [0.29, 0.717) is 58.3 Å². The molecule has 8 nitrogen and oxygen atoms in total. The van der Waals surface area contributed by atoms with E-state index in [4.69, 9.17) is 23.4 Å². The Balaban J connectivity index is 1.52. The van der Waals surface area contributed by atoms with Gasteiger partial charge in [0.05, 0.1) is 30.2 Å². The Labute approximate surface area is 226 Å². The summed E-state index contributed by atoms with van der Waals surface area (Å²) in [5.41, 5.74) is 1.95. The molecule has 4 aromatic rings. The summed E-state index contributed by atoms with van der Waals surface area (Å²) in [6, 6.07) is 15.5. The molecule has 0 saturated heterocycles. The molecule has 1 amide bonds. The molecule has 2 aliphatic heterocycles. The standard InChI is InChI=1S/C29H24BrNO7/c1-3-34-21-9-6-17(12-24(21)35-4-2)26-25-27(32)19-13-18(30)7-10-20(19)38-28(25)29(33)31(26)14-16-5-8-22-23(11-16)37-15-36-22/h5-13,26H,3-4,14-15H2,1-2H3. The normalized spacial score (nSPS) is 15.7. The molecule has 0 N–H and O–H groups in total. The number of amides is 1. The summed E-state index contributed by atoms with van der Waals surface area (Å²) >= 11 is 3.44. The Morgan fingerprint density at radius 2 is 1.71 bits per heavy atom. The second-order valence-electron chi connectivity index (χ2n) is 8.91. The maximum atomic E-state index is 13.9. The van der Waals surface area contributed by atoms with Crippen LogP contribution in [0, 0.1) is 0 Å². The zero-order valence-electron chi connectivity index (χ0n) is 20.8. The molecule has 1 aromatic heterocycles. The van der Waals surface area contributed by atoms with Gasteiger partial charge in [0.15, 0.2) is 28.4 Å². The first-order valence-electron chi connectivity index (χ1n) is 12.3. The number of fused-ring (bicyclic) bond motifs is 3. The summed E-state index contributed by atoms with van der Waals surface area (Å²) in [5.74, 6) is 2.09. The highest BCUT2D eigenvalue weighted by Gasteiger charge is 2.43. The van der Waals surface area contributed by atoms with Gasteiger partial charge in [-0.3, -0.25) is 9.59 Å². The lowest BCUT2D eigenvalue weighted by Crippen LogP contribution is -2.29. The largest absolute Gasteiger partial charge is 0.490 e. The number of rotatable bonds is 7. The summed E-state index contributed by atoms with van der Waals surface area (Å²) in [6.45, 7) is 5.08. The maximum Gasteiger partial charge on any atom is 0.291 e. The van der Waals surface area contributed by atoms with Crippen LogP contribution in [0.15, 0.2) is 68.3 Å². The first-order chi connectivity index (χ1) is 18.5. The summed E-state index contributed by atoms with van der Waals surface area (Å²) in [4.78, 5) is 29.4. The average Bonchev–Trinajstić information content (AvgIpc) is 3.49. The van der Waals surface area contributed by atoms with Crippen molar-refractivity contribution in [1.29, 1.82) is 0 Å². The molecule has 0 spiro atoms. The van der Waals surface area contributed by atoms with Gasteiger partial charge in [0.2, 0.25) is 12.6 Å². The van der Waals surface area contributed by atoms with E-state index in [-0.39, 0.29) is 30.4 Å².